The van der Waals surface area contributed by atoms with Crippen molar-refractivity contribution in [3.05, 3.63) is 0 Å². The van der Waals surface area contributed by atoms with Gasteiger partial charge in [0, 0.05) is 25.7 Å². The van der Waals surface area contributed by atoms with E-state index in [1.807, 2.05) is 0 Å². The SMILES string of the molecule is CCN(C1CNC1)S(=O)(=O)CC#N. The van der Waals surface area contributed by atoms with Gasteiger partial charge >= 0.3 is 0 Å². The van der Waals surface area contributed by atoms with Gasteiger partial charge in [-0.3, -0.25) is 0 Å². The maximum Gasteiger partial charge on any atom is 0.227 e. The first-order valence-electron chi connectivity index (χ1n) is 4.19. The Labute approximate surface area is 78.4 Å². The van der Waals surface area contributed by atoms with Gasteiger partial charge in [-0.15, -0.1) is 0 Å². The maximum atomic E-state index is 11.5. The van der Waals surface area contributed by atoms with Crippen LogP contribution in [0.5, 0.6) is 0 Å². The number of nitrogens with one attached hydrogen (secondary N) is 1. The van der Waals surface area contributed by atoms with Gasteiger partial charge in [0.25, 0.3) is 0 Å². The molecular formula is C7H13N3O2S. The molecule has 0 aromatic rings. The van der Waals surface area contributed by atoms with Crippen LogP contribution in [-0.2, 0) is 10.0 Å². The monoisotopic (exact) mass is 203 g/mol. The lowest BCUT2D eigenvalue weighted by Crippen LogP contribution is -2.58. The molecule has 0 saturated carbocycles. The molecule has 13 heavy (non-hydrogen) atoms. The van der Waals surface area contributed by atoms with Crippen LogP contribution < -0.4 is 5.32 Å². The highest BCUT2D eigenvalue weighted by molar-refractivity contribution is 7.89. The Bertz CT molecular complexity index is 302. The molecule has 0 aromatic heterocycles. The lowest BCUT2D eigenvalue weighted by Gasteiger charge is -2.36. The minimum absolute atomic E-state index is 0.0448. The zero-order valence-corrected chi connectivity index (χ0v) is 8.34. The fourth-order valence-electron chi connectivity index (χ4n) is 1.32. The average Bonchev–Trinajstić information content (AvgIpc) is 1.95. The van der Waals surface area contributed by atoms with Crippen molar-refractivity contribution in [1.82, 2.24) is 9.62 Å². The van der Waals surface area contributed by atoms with E-state index in [1.54, 1.807) is 13.0 Å². The highest BCUT2D eigenvalue weighted by Gasteiger charge is 2.31. The van der Waals surface area contributed by atoms with Crippen LogP contribution >= 0.6 is 0 Å². The van der Waals surface area contributed by atoms with E-state index >= 15 is 0 Å². The summed E-state index contributed by atoms with van der Waals surface area (Å²) in [5.74, 6) is -0.419. The Morgan fingerprint density at radius 3 is 2.54 bits per heavy atom. The lowest BCUT2D eigenvalue weighted by molar-refractivity contribution is 0.250. The van der Waals surface area contributed by atoms with Gasteiger partial charge in [-0.25, -0.2) is 8.42 Å². The zero-order valence-electron chi connectivity index (χ0n) is 7.52. The summed E-state index contributed by atoms with van der Waals surface area (Å²) in [4.78, 5) is 0. The molecule has 1 heterocycles. The smallest absolute Gasteiger partial charge is 0.227 e. The van der Waals surface area contributed by atoms with Crippen molar-refractivity contribution in [2.24, 2.45) is 0 Å². The molecule has 1 saturated heterocycles. The summed E-state index contributed by atoms with van der Waals surface area (Å²) < 4.78 is 24.3. The van der Waals surface area contributed by atoms with E-state index < -0.39 is 15.8 Å². The first-order valence-corrected chi connectivity index (χ1v) is 5.80. The molecule has 0 radical (unpaired) electrons. The number of hydrogen-bond acceptors (Lipinski definition) is 4. The van der Waals surface area contributed by atoms with Crippen LogP contribution in [0.25, 0.3) is 0 Å². The quantitative estimate of drug-likeness (QED) is 0.645. The van der Waals surface area contributed by atoms with Crippen LogP contribution in [0.4, 0.5) is 0 Å². The Balaban J connectivity index is 2.70. The van der Waals surface area contributed by atoms with Crippen molar-refractivity contribution in [1.29, 1.82) is 5.26 Å². The predicted octanol–water partition coefficient (Wildman–Crippen LogP) is -0.867. The van der Waals surface area contributed by atoms with Crippen LogP contribution in [-0.4, -0.2) is 44.2 Å². The molecule has 0 unspecified atom stereocenters. The van der Waals surface area contributed by atoms with E-state index in [0.29, 0.717) is 19.6 Å². The molecule has 0 aliphatic carbocycles. The van der Waals surface area contributed by atoms with Crippen LogP contribution in [0.15, 0.2) is 0 Å². The maximum absolute atomic E-state index is 11.5. The van der Waals surface area contributed by atoms with Crippen molar-refractivity contribution < 1.29 is 8.42 Å². The van der Waals surface area contributed by atoms with Gasteiger partial charge in [-0.1, -0.05) is 6.92 Å². The number of nitrogens with zero attached hydrogens (tertiary/aromatic N) is 2. The normalized spacial score (nSPS) is 18.2. The third-order valence-electron chi connectivity index (χ3n) is 2.08. The number of likely N-dealkylation sites (N-methyl/N-ethyl adjacent to an activating group) is 1. The molecule has 1 fully saturated rings. The molecule has 1 N–H and O–H groups in total. The van der Waals surface area contributed by atoms with Crippen LogP contribution in [0.2, 0.25) is 0 Å². The second-order valence-electron chi connectivity index (χ2n) is 2.93. The van der Waals surface area contributed by atoms with Crippen molar-refractivity contribution >= 4 is 10.0 Å². The summed E-state index contributed by atoms with van der Waals surface area (Å²) in [6.45, 7) is 3.61. The van der Waals surface area contributed by atoms with E-state index in [4.69, 9.17) is 5.26 Å². The van der Waals surface area contributed by atoms with Crippen LogP contribution in [0.3, 0.4) is 0 Å². The third-order valence-corrected chi connectivity index (χ3v) is 3.85. The van der Waals surface area contributed by atoms with Gasteiger partial charge in [0.1, 0.15) is 0 Å². The van der Waals surface area contributed by atoms with E-state index in [9.17, 15) is 8.42 Å². The highest BCUT2D eigenvalue weighted by atomic mass is 32.2. The number of hydrogen-bond donors (Lipinski definition) is 1. The Hall–Kier alpha value is -0.640. The fraction of sp³-hybridized carbons (Fsp3) is 0.857. The molecule has 0 aromatic carbocycles. The molecular weight excluding hydrogens is 190 g/mol. The summed E-state index contributed by atoms with van der Waals surface area (Å²) >= 11 is 0. The number of rotatable bonds is 4. The van der Waals surface area contributed by atoms with E-state index in [0.717, 1.165) is 0 Å². The predicted molar refractivity (Wildman–Crippen MR) is 48.4 cm³/mol. The minimum atomic E-state index is -3.35. The molecule has 0 atom stereocenters. The summed E-state index contributed by atoms with van der Waals surface area (Å²) in [7, 11) is -3.35. The third kappa shape index (κ3) is 2.18. The molecule has 6 heteroatoms. The molecule has 0 bridgehead atoms. The summed E-state index contributed by atoms with van der Waals surface area (Å²) in [6, 6.07) is 1.72. The molecule has 74 valence electrons. The molecule has 5 nitrogen and oxygen atoms in total. The number of nitriles is 1. The Morgan fingerprint density at radius 2 is 2.23 bits per heavy atom. The standard InChI is InChI=1S/C7H13N3O2S/c1-2-10(7-5-9-6-7)13(11,12)4-3-8/h7,9H,2,4-6H2,1H3. The van der Waals surface area contributed by atoms with E-state index in [1.165, 1.54) is 4.31 Å². The van der Waals surface area contributed by atoms with Crippen molar-refractivity contribution in [2.45, 2.75) is 13.0 Å². The Kier molecular flexibility index (Phi) is 3.25. The van der Waals surface area contributed by atoms with Gasteiger partial charge in [0.15, 0.2) is 5.75 Å². The van der Waals surface area contributed by atoms with Crippen molar-refractivity contribution in [2.75, 3.05) is 25.4 Å². The van der Waals surface area contributed by atoms with Crippen molar-refractivity contribution in [3.63, 3.8) is 0 Å². The average molecular weight is 203 g/mol. The summed E-state index contributed by atoms with van der Waals surface area (Å²) in [6.07, 6.45) is 0. The fourth-order valence-corrected chi connectivity index (χ4v) is 2.65. The van der Waals surface area contributed by atoms with Gasteiger partial charge in [0.2, 0.25) is 10.0 Å². The minimum Gasteiger partial charge on any atom is -0.313 e. The topological polar surface area (TPSA) is 73.2 Å². The van der Waals surface area contributed by atoms with Crippen LogP contribution in [0, 0.1) is 11.3 Å². The molecule has 0 spiro atoms. The molecule has 0 amide bonds. The summed E-state index contributed by atoms with van der Waals surface area (Å²) in [5.41, 5.74) is 0. The van der Waals surface area contributed by atoms with Gasteiger partial charge in [0.05, 0.1) is 6.07 Å². The van der Waals surface area contributed by atoms with E-state index in [-0.39, 0.29) is 6.04 Å². The zero-order chi connectivity index (χ0) is 9.90. The first-order chi connectivity index (χ1) is 6.11. The second kappa shape index (κ2) is 4.05. The van der Waals surface area contributed by atoms with Crippen molar-refractivity contribution in [3.8, 4) is 6.07 Å². The lowest BCUT2D eigenvalue weighted by atomic mass is 10.2. The van der Waals surface area contributed by atoms with Gasteiger partial charge in [-0.2, -0.15) is 9.57 Å². The van der Waals surface area contributed by atoms with Gasteiger partial charge < -0.3 is 5.32 Å². The largest absolute Gasteiger partial charge is 0.313 e. The summed E-state index contributed by atoms with van der Waals surface area (Å²) in [5, 5.41) is 11.3. The van der Waals surface area contributed by atoms with E-state index in [2.05, 4.69) is 5.32 Å². The Morgan fingerprint density at radius 1 is 1.62 bits per heavy atom. The first kappa shape index (κ1) is 10.4. The van der Waals surface area contributed by atoms with Crippen LogP contribution in [0.1, 0.15) is 6.92 Å². The molecule has 1 aliphatic rings. The molecule has 1 aliphatic heterocycles. The highest BCUT2D eigenvalue weighted by Crippen LogP contribution is 2.10. The molecule has 1 rings (SSSR count). The second-order valence-corrected chi connectivity index (χ2v) is 4.85. The van der Waals surface area contributed by atoms with Gasteiger partial charge in [-0.05, 0) is 0 Å². The number of sulfonamides is 1.